The van der Waals surface area contributed by atoms with Crippen LogP contribution in [0.4, 0.5) is 5.69 Å². The highest BCUT2D eigenvalue weighted by molar-refractivity contribution is 6.38. The predicted octanol–water partition coefficient (Wildman–Crippen LogP) is 4.71. The van der Waals surface area contributed by atoms with Crippen LogP contribution in [0.5, 0.6) is 0 Å². The van der Waals surface area contributed by atoms with Crippen molar-refractivity contribution in [3.8, 4) is 5.69 Å². The summed E-state index contributed by atoms with van der Waals surface area (Å²) in [6, 6.07) is 16.0. The molecule has 9 heteroatoms. The predicted molar refractivity (Wildman–Crippen MR) is 138 cm³/mol. The second-order valence-corrected chi connectivity index (χ2v) is 9.18. The molecule has 2 aromatic heterocycles. The van der Waals surface area contributed by atoms with E-state index in [0.717, 1.165) is 5.69 Å². The summed E-state index contributed by atoms with van der Waals surface area (Å²) in [5.41, 5.74) is 1.75. The van der Waals surface area contributed by atoms with E-state index in [1.807, 2.05) is 30.3 Å². The second-order valence-electron chi connectivity index (χ2n) is 8.36. The van der Waals surface area contributed by atoms with Crippen LogP contribution in [-0.2, 0) is 6.54 Å². The number of carboxylic acid groups (broad SMARTS) is 1. The number of rotatable bonds is 5. The molecule has 0 bridgehead atoms. The Hall–Kier alpha value is -3.39. The van der Waals surface area contributed by atoms with Crippen molar-refractivity contribution >= 4 is 45.6 Å². The number of carboxylic acids is 1. The first-order valence-corrected chi connectivity index (χ1v) is 11.9. The molecule has 1 aliphatic rings. The SMILES string of the molecule is O=C(O)c1c(CN2CCN(c3c(Cl)cncc3Cl)CC2)n(-c2ccccc2)c(=O)c2ccccc12. The minimum Gasteiger partial charge on any atom is -0.478 e. The molecule has 0 amide bonds. The minimum absolute atomic E-state index is 0.145. The molecule has 35 heavy (non-hydrogen) atoms. The third-order valence-corrected chi connectivity index (χ3v) is 6.86. The molecule has 7 nitrogen and oxygen atoms in total. The second kappa shape index (κ2) is 9.70. The number of aromatic carboxylic acids is 1. The number of hydrogen-bond acceptors (Lipinski definition) is 5. The van der Waals surface area contributed by atoms with E-state index in [9.17, 15) is 14.7 Å². The van der Waals surface area contributed by atoms with E-state index < -0.39 is 5.97 Å². The quantitative estimate of drug-likeness (QED) is 0.420. The van der Waals surface area contributed by atoms with Crippen molar-refractivity contribution in [3.63, 3.8) is 0 Å². The molecular formula is C26H22Cl2N4O3. The lowest BCUT2D eigenvalue weighted by Crippen LogP contribution is -2.47. The van der Waals surface area contributed by atoms with Gasteiger partial charge in [-0.05, 0) is 18.2 Å². The highest BCUT2D eigenvalue weighted by Gasteiger charge is 2.26. The van der Waals surface area contributed by atoms with Gasteiger partial charge in [0.2, 0.25) is 0 Å². The van der Waals surface area contributed by atoms with E-state index in [4.69, 9.17) is 23.2 Å². The van der Waals surface area contributed by atoms with Gasteiger partial charge in [0.25, 0.3) is 5.56 Å². The number of aromatic nitrogens is 2. The number of fused-ring (bicyclic) bond motifs is 1. The van der Waals surface area contributed by atoms with Gasteiger partial charge >= 0.3 is 5.97 Å². The lowest BCUT2D eigenvalue weighted by Gasteiger charge is -2.37. The molecule has 1 saturated heterocycles. The topological polar surface area (TPSA) is 78.7 Å². The maximum atomic E-state index is 13.6. The number of nitrogens with zero attached hydrogens (tertiary/aromatic N) is 4. The molecule has 3 heterocycles. The van der Waals surface area contributed by atoms with Crippen molar-refractivity contribution in [2.75, 3.05) is 31.1 Å². The minimum atomic E-state index is -1.06. The van der Waals surface area contributed by atoms with Gasteiger partial charge < -0.3 is 10.0 Å². The van der Waals surface area contributed by atoms with E-state index in [1.165, 1.54) is 4.57 Å². The average molecular weight is 509 g/mol. The van der Waals surface area contributed by atoms with Crippen LogP contribution in [0, 0.1) is 0 Å². The Balaban J connectivity index is 1.55. The summed E-state index contributed by atoms with van der Waals surface area (Å²) < 4.78 is 1.54. The van der Waals surface area contributed by atoms with Crippen LogP contribution in [0.1, 0.15) is 16.1 Å². The zero-order valence-corrected chi connectivity index (χ0v) is 20.2. The summed E-state index contributed by atoms with van der Waals surface area (Å²) in [6.45, 7) is 2.89. The zero-order valence-electron chi connectivity index (χ0n) is 18.7. The number of pyridine rings is 2. The van der Waals surface area contributed by atoms with Gasteiger partial charge in [0.05, 0.1) is 27.0 Å². The summed E-state index contributed by atoms with van der Waals surface area (Å²) >= 11 is 12.7. The standard InChI is InChI=1S/C26H22Cl2N4O3/c27-20-14-29-15-21(28)24(20)31-12-10-30(11-13-31)16-22-23(26(34)35)18-8-4-5-9-19(18)25(33)32(22)17-6-2-1-3-7-17/h1-9,14-15H,10-13,16H2,(H,34,35). The fourth-order valence-electron chi connectivity index (χ4n) is 4.68. The van der Waals surface area contributed by atoms with Gasteiger partial charge in [-0.1, -0.05) is 59.6 Å². The summed E-state index contributed by atoms with van der Waals surface area (Å²) in [6.07, 6.45) is 3.14. The average Bonchev–Trinajstić information content (AvgIpc) is 2.85. The molecule has 1 N–H and O–H groups in total. The summed E-state index contributed by atoms with van der Waals surface area (Å²) in [5, 5.41) is 12.0. The van der Waals surface area contributed by atoms with Crippen LogP contribution >= 0.6 is 23.2 Å². The molecule has 5 rings (SSSR count). The van der Waals surface area contributed by atoms with E-state index in [0.29, 0.717) is 64.9 Å². The molecule has 2 aromatic carbocycles. The number of carbonyl (C=O) groups is 1. The molecule has 0 atom stereocenters. The van der Waals surface area contributed by atoms with Gasteiger partial charge in [-0.3, -0.25) is 19.2 Å². The molecule has 4 aromatic rings. The van der Waals surface area contributed by atoms with E-state index >= 15 is 0 Å². The first-order valence-electron chi connectivity index (χ1n) is 11.2. The van der Waals surface area contributed by atoms with Crippen molar-refractivity contribution in [2.24, 2.45) is 0 Å². The summed E-state index contributed by atoms with van der Waals surface area (Å²) in [5.74, 6) is -1.06. The summed E-state index contributed by atoms with van der Waals surface area (Å²) in [7, 11) is 0. The van der Waals surface area contributed by atoms with Crippen molar-refractivity contribution in [3.05, 3.63) is 98.6 Å². The van der Waals surface area contributed by atoms with Crippen LogP contribution in [0.2, 0.25) is 10.0 Å². The third kappa shape index (κ3) is 4.38. The number of anilines is 1. The van der Waals surface area contributed by atoms with Crippen molar-refractivity contribution in [2.45, 2.75) is 6.54 Å². The fourth-order valence-corrected chi connectivity index (χ4v) is 5.29. The third-order valence-electron chi connectivity index (χ3n) is 6.31. The largest absolute Gasteiger partial charge is 0.478 e. The van der Waals surface area contributed by atoms with Crippen LogP contribution in [0.25, 0.3) is 16.5 Å². The normalized spacial score (nSPS) is 14.4. The Labute approximate surface area is 211 Å². The number of piperazine rings is 1. The van der Waals surface area contributed by atoms with Crippen molar-refractivity contribution in [1.29, 1.82) is 0 Å². The molecule has 1 fully saturated rings. The highest BCUT2D eigenvalue weighted by atomic mass is 35.5. The molecule has 0 unspecified atom stereocenters. The van der Waals surface area contributed by atoms with Crippen molar-refractivity contribution in [1.82, 2.24) is 14.5 Å². The molecule has 0 spiro atoms. The van der Waals surface area contributed by atoms with Gasteiger partial charge in [0.1, 0.15) is 0 Å². The van der Waals surface area contributed by atoms with E-state index in [-0.39, 0.29) is 11.1 Å². The Morgan fingerprint density at radius 2 is 1.49 bits per heavy atom. The first-order chi connectivity index (χ1) is 17.0. The highest BCUT2D eigenvalue weighted by Crippen LogP contribution is 2.33. The van der Waals surface area contributed by atoms with Gasteiger partial charge in [-0.25, -0.2) is 4.79 Å². The van der Waals surface area contributed by atoms with E-state index in [1.54, 1.807) is 36.7 Å². The molecule has 0 aliphatic carbocycles. The number of halogens is 2. The Kier molecular flexibility index (Phi) is 6.47. The number of hydrogen-bond donors (Lipinski definition) is 1. The van der Waals surface area contributed by atoms with Crippen LogP contribution in [0.3, 0.4) is 0 Å². The van der Waals surface area contributed by atoms with Crippen LogP contribution in [-0.4, -0.2) is 51.7 Å². The fraction of sp³-hybridized carbons (Fsp3) is 0.192. The van der Waals surface area contributed by atoms with Gasteiger partial charge in [0, 0.05) is 61.6 Å². The smallest absolute Gasteiger partial charge is 0.338 e. The molecule has 178 valence electrons. The van der Waals surface area contributed by atoms with Gasteiger partial charge in [0.15, 0.2) is 0 Å². The zero-order chi connectivity index (χ0) is 24.5. The maximum Gasteiger partial charge on any atom is 0.338 e. The Bertz CT molecular complexity index is 1440. The Morgan fingerprint density at radius 3 is 2.11 bits per heavy atom. The lowest BCUT2D eigenvalue weighted by molar-refractivity contribution is 0.0695. The molecular weight excluding hydrogens is 487 g/mol. The van der Waals surface area contributed by atoms with Crippen LogP contribution < -0.4 is 10.5 Å². The summed E-state index contributed by atoms with van der Waals surface area (Å²) in [4.78, 5) is 34.4. The van der Waals surface area contributed by atoms with Gasteiger partial charge in [-0.15, -0.1) is 0 Å². The number of benzene rings is 2. The van der Waals surface area contributed by atoms with Gasteiger partial charge in [-0.2, -0.15) is 0 Å². The molecule has 1 aliphatic heterocycles. The van der Waals surface area contributed by atoms with E-state index in [2.05, 4.69) is 14.8 Å². The van der Waals surface area contributed by atoms with Crippen LogP contribution in [0.15, 0.2) is 71.8 Å². The van der Waals surface area contributed by atoms with Crippen molar-refractivity contribution < 1.29 is 9.90 Å². The lowest BCUT2D eigenvalue weighted by atomic mass is 10.0. The Morgan fingerprint density at radius 1 is 0.886 bits per heavy atom. The first kappa shape index (κ1) is 23.4. The number of para-hydroxylation sites is 1. The monoisotopic (exact) mass is 508 g/mol. The molecule has 0 radical (unpaired) electrons. The maximum absolute atomic E-state index is 13.6. The molecule has 0 saturated carbocycles.